The summed E-state index contributed by atoms with van der Waals surface area (Å²) in [5, 5.41) is 16.1. The third-order valence-corrected chi connectivity index (χ3v) is 5.58. The van der Waals surface area contributed by atoms with E-state index in [1.807, 2.05) is 19.1 Å². The van der Waals surface area contributed by atoms with Crippen LogP contribution >= 0.6 is 52.1 Å². The molecule has 1 aromatic carbocycles. The Bertz CT molecular complexity index is 619. The maximum Gasteiger partial charge on any atom is 0.124 e. The zero-order valence-corrected chi connectivity index (χ0v) is 16.8. The number of rotatable bonds is 3. The molecule has 0 saturated carbocycles. The van der Waals surface area contributed by atoms with Crippen molar-refractivity contribution in [3.8, 4) is 5.75 Å². The van der Waals surface area contributed by atoms with Gasteiger partial charge in [0.15, 0.2) is 0 Å². The van der Waals surface area contributed by atoms with Gasteiger partial charge in [-0.1, -0.05) is 28.1 Å². The van der Waals surface area contributed by atoms with Crippen LogP contribution in [0.2, 0.25) is 0 Å². The summed E-state index contributed by atoms with van der Waals surface area (Å²) < 4.78 is 0.975. The first kappa shape index (κ1) is 20.7. The second kappa shape index (κ2) is 9.25. The molecule has 0 amide bonds. The van der Waals surface area contributed by atoms with E-state index in [1.54, 1.807) is 11.3 Å². The smallest absolute Gasteiger partial charge is 0.124 e. The van der Waals surface area contributed by atoms with Gasteiger partial charge in [-0.3, -0.25) is 4.90 Å². The SMILES string of the molecule is Cc1ccc(Br)c([C@@H](c2cccs2)N2CCNCC2)c1O.Cl.Cl. The lowest BCUT2D eigenvalue weighted by atomic mass is 9.99. The number of aromatic hydroxyl groups is 1. The van der Waals surface area contributed by atoms with Crippen molar-refractivity contribution in [1.29, 1.82) is 0 Å². The van der Waals surface area contributed by atoms with E-state index in [0.29, 0.717) is 5.75 Å². The first-order valence-corrected chi connectivity index (χ1v) is 8.82. The molecule has 128 valence electrons. The molecule has 23 heavy (non-hydrogen) atoms. The molecule has 1 aliphatic heterocycles. The van der Waals surface area contributed by atoms with Gasteiger partial charge in [0, 0.05) is 41.1 Å². The zero-order valence-electron chi connectivity index (χ0n) is 12.8. The molecule has 7 heteroatoms. The van der Waals surface area contributed by atoms with Gasteiger partial charge in [-0.05, 0) is 30.0 Å². The largest absolute Gasteiger partial charge is 0.507 e. The lowest BCUT2D eigenvalue weighted by Crippen LogP contribution is -2.45. The van der Waals surface area contributed by atoms with E-state index in [4.69, 9.17) is 0 Å². The number of nitrogens with zero attached hydrogens (tertiary/aromatic N) is 1. The number of hydrogen-bond acceptors (Lipinski definition) is 4. The monoisotopic (exact) mass is 438 g/mol. The maximum absolute atomic E-state index is 10.6. The Morgan fingerprint density at radius 1 is 1.22 bits per heavy atom. The molecule has 2 aromatic rings. The number of aryl methyl sites for hydroxylation is 1. The second-order valence-corrected chi connectivity index (χ2v) is 7.16. The minimum atomic E-state index is 0. The number of halogens is 3. The van der Waals surface area contributed by atoms with Crippen LogP contribution in [0.1, 0.15) is 22.0 Å². The highest BCUT2D eigenvalue weighted by atomic mass is 79.9. The third kappa shape index (κ3) is 4.41. The molecule has 3 nitrogen and oxygen atoms in total. The van der Waals surface area contributed by atoms with E-state index < -0.39 is 0 Å². The van der Waals surface area contributed by atoms with Gasteiger partial charge in [0.1, 0.15) is 5.75 Å². The second-order valence-electron chi connectivity index (χ2n) is 5.33. The van der Waals surface area contributed by atoms with Crippen LogP contribution in [-0.2, 0) is 0 Å². The molecule has 1 atom stereocenters. The molecule has 1 saturated heterocycles. The summed E-state index contributed by atoms with van der Waals surface area (Å²) >= 11 is 5.39. The number of phenolic OH excluding ortho intramolecular Hbond substituents is 1. The Morgan fingerprint density at radius 2 is 1.91 bits per heavy atom. The summed E-state index contributed by atoms with van der Waals surface area (Å²) in [6, 6.07) is 8.34. The molecule has 0 radical (unpaired) electrons. The van der Waals surface area contributed by atoms with Crippen LogP contribution in [0.15, 0.2) is 34.1 Å². The molecule has 0 aliphatic carbocycles. The molecule has 1 aromatic heterocycles. The van der Waals surface area contributed by atoms with Crippen molar-refractivity contribution in [2.45, 2.75) is 13.0 Å². The van der Waals surface area contributed by atoms with Crippen molar-refractivity contribution >= 4 is 52.1 Å². The summed E-state index contributed by atoms with van der Waals surface area (Å²) in [6.45, 7) is 5.91. The lowest BCUT2D eigenvalue weighted by Gasteiger charge is -2.35. The third-order valence-electron chi connectivity index (χ3n) is 3.97. The Balaban J connectivity index is 0.00000132. The molecule has 1 aliphatic rings. The highest BCUT2D eigenvalue weighted by molar-refractivity contribution is 9.10. The average molecular weight is 440 g/mol. The van der Waals surface area contributed by atoms with Gasteiger partial charge in [-0.15, -0.1) is 36.2 Å². The van der Waals surface area contributed by atoms with Crippen LogP contribution in [0.4, 0.5) is 0 Å². The Morgan fingerprint density at radius 3 is 2.52 bits per heavy atom. The Labute approximate surface area is 162 Å². The summed E-state index contributed by atoms with van der Waals surface area (Å²) in [5.74, 6) is 0.404. The van der Waals surface area contributed by atoms with Crippen molar-refractivity contribution in [3.05, 3.63) is 50.1 Å². The fourth-order valence-corrected chi connectivity index (χ4v) is 4.25. The van der Waals surface area contributed by atoms with Crippen LogP contribution in [0, 0.1) is 6.92 Å². The number of benzene rings is 1. The first-order chi connectivity index (χ1) is 10.2. The first-order valence-electron chi connectivity index (χ1n) is 7.14. The molecule has 3 rings (SSSR count). The molecule has 0 spiro atoms. The lowest BCUT2D eigenvalue weighted by molar-refractivity contribution is 0.197. The van der Waals surface area contributed by atoms with Crippen LogP contribution in [0.3, 0.4) is 0 Å². The van der Waals surface area contributed by atoms with Crippen molar-refractivity contribution in [1.82, 2.24) is 10.2 Å². The van der Waals surface area contributed by atoms with Crippen LogP contribution in [0.5, 0.6) is 5.75 Å². The molecule has 0 unspecified atom stereocenters. The average Bonchev–Trinajstić information content (AvgIpc) is 3.02. The normalized spacial score (nSPS) is 16.3. The topological polar surface area (TPSA) is 35.5 Å². The Hall–Kier alpha value is -0.300. The molecular formula is C16H21BrCl2N2OS. The van der Waals surface area contributed by atoms with Crippen LogP contribution < -0.4 is 5.32 Å². The van der Waals surface area contributed by atoms with E-state index in [-0.39, 0.29) is 30.9 Å². The molecule has 1 fully saturated rings. The van der Waals surface area contributed by atoms with Crippen molar-refractivity contribution in [3.63, 3.8) is 0 Å². The minimum Gasteiger partial charge on any atom is -0.507 e. The van der Waals surface area contributed by atoms with E-state index in [2.05, 4.69) is 43.7 Å². The van der Waals surface area contributed by atoms with Gasteiger partial charge in [-0.2, -0.15) is 0 Å². The standard InChI is InChI=1S/C16H19BrN2OS.2ClH/c1-11-4-5-12(17)14(16(11)20)15(13-3-2-10-21-13)19-8-6-18-7-9-19;;/h2-5,10,15,18,20H,6-9H2,1H3;2*1H/t15-;;/m1../s1. The van der Waals surface area contributed by atoms with E-state index >= 15 is 0 Å². The molecular weight excluding hydrogens is 419 g/mol. The quantitative estimate of drug-likeness (QED) is 0.745. The van der Waals surface area contributed by atoms with Gasteiger partial charge in [0.25, 0.3) is 0 Å². The van der Waals surface area contributed by atoms with Crippen LogP contribution in [-0.4, -0.2) is 36.2 Å². The number of phenols is 1. The maximum atomic E-state index is 10.6. The van der Waals surface area contributed by atoms with Gasteiger partial charge in [0.2, 0.25) is 0 Å². The van der Waals surface area contributed by atoms with Gasteiger partial charge >= 0.3 is 0 Å². The fraction of sp³-hybridized carbons (Fsp3) is 0.375. The van der Waals surface area contributed by atoms with Crippen LogP contribution in [0.25, 0.3) is 0 Å². The highest BCUT2D eigenvalue weighted by Crippen LogP contribution is 2.42. The molecule has 0 bridgehead atoms. The van der Waals surface area contributed by atoms with Gasteiger partial charge in [0.05, 0.1) is 6.04 Å². The molecule has 2 heterocycles. The summed E-state index contributed by atoms with van der Waals surface area (Å²) in [6.07, 6.45) is 0. The highest BCUT2D eigenvalue weighted by Gasteiger charge is 2.29. The molecule has 2 N–H and O–H groups in total. The van der Waals surface area contributed by atoms with E-state index in [1.165, 1.54) is 4.88 Å². The minimum absolute atomic E-state index is 0. The van der Waals surface area contributed by atoms with E-state index in [9.17, 15) is 5.11 Å². The van der Waals surface area contributed by atoms with Crippen molar-refractivity contribution in [2.75, 3.05) is 26.2 Å². The predicted molar refractivity (Wildman–Crippen MR) is 106 cm³/mol. The summed E-state index contributed by atoms with van der Waals surface area (Å²) in [7, 11) is 0. The predicted octanol–water partition coefficient (Wildman–Crippen LogP) is 4.36. The summed E-state index contributed by atoms with van der Waals surface area (Å²) in [4.78, 5) is 3.72. The number of thiophene rings is 1. The van der Waals surface area contributed by atoms with Crippen molar-refractivity contribution in [2.24, 2.45) is 0 Å². The number of hydrogen-bond donors (Lipinski definition) is 2. The summed E-state index contributed by atoms with van der Waals surface area (Å²) in [5.41, 5.74) is 1.91. The van der Waals surface area contributed by atoms with Crippen molar-refractivity contribution < 1.29 is 5.11 Å². The number of nitrogens with one attached hydrogen (secondary N) is 1. The zero-order chi connectivity index (χ0) is 14.8. The van der Waals surface area contributed by atoms with Gasteiger partial charge < -0.3 is 10.4 Å². The number of piperazine rings is 1. The van der Waals surface area contributed by atoms with Gasteiger partial charge in [-0.25, -0.2) is 0 Å². The Kier molecular flexibility index (Phi) is 8.35. The fourth-order valence-electron chi connectivity index (χ4n) is 2.84. The van der Waals surface area contributed by atoms with E-state index in [0.717, 1.165) is 41.8 Å².